The lowest BCUT2D eigenvalue weighted by Gasteiger charge is -2.26. The molecule has 2 aromatic rings. The predicted octanol–water partition coefficient (Wildman–Crippen LogP) is 3.36. The molecule has 5 heteroatoms. The molecule has 1 atom stereocenters. The van der Waals surface area contributed by atoms with Gasteiger partial charge >= 0.3 is 0 Å². The van der Waals surface area contributed by atoms with Crippen LogP contribution in [0.2, 0.25) is 5.02 Å². The summed E-state index contributed by atoms with van der Waals surface area (Å²) < 4.78 is 13.0. The van der Waals surface area contributed by atoms with Gasteiger partial charge in [0.05, 0.1) is 12.6 Å². The summed E-state index contributed by atoms with van der Waals surface area (Å²) in [5.74, 6) is 0.157. The Labute approximate surface area is 121 Å². The third kappa shape index (κ3) is 2.34. The zero-order valence-electron chi connectivity index (χ0n) is 10.6. The zero-order chi connectivity index (χ0) is 14.1. The highest BCUT2D eigenvalue weighted by molar-refractivity contribution is 6.30. The fraction of sp³-hybridized carbons (Fsp3) is 0.133. The molecule has 20 heavy (non-hydrogen) atoms. The number of halogens is 2. The Hall–Kier alpha value is -2.07. The van der Waals surface area contributed by atoms with E-state index in [4.69, 9.17) is 17.3 Å². The summed E-state index contributed by atoms with van der Waals surface area (Å²) in [6, 6.07) is 13.8. The van der Waals surface area contributed by atoms with E-state index in [1.165, 1.54) is 12.1 Å². The Morgan fingerprint density at radius 3 is 2.65 bits per heavy atom. The number of benzene rings is 2. The molecule has 102 valence electrons. The van der Waals surface area contributed by atoms with Crippen LogP contribution in [0.4, 0.5) is 10.1 Å². The first-order valence-corrected chi connectivity index (χ1v) is 6.63. The highest BCUT2D eigenvalue weighted by atomic mass is 35.5. The Balaban J connectivity index is 1.98. The number of rotatable bonds is 2. The van der Waals surface area contributed by atoms with Gasteiger partial charge < -0.3 is 10.6 Å². The van der Waals surface area contributed by atoms with Gasteiger partial charge in [-0.1, -0.05) is 23.7 Å². The van der Waals surface area contributed by atoms with Crippen molar-refractivity contribution < 1.29 is 4.39 Å². The number of aliphatic imine (C=N–C) groups is 1. The molecular weight excluding hydrogens is 277 g/mol. The second-order valence-electron chi connectivity index (χ2n) is 4.62. The van der Waals surface area contributed by atoms with Crippen LogP contribution < -0.4 is 10.6 Å². The van der Waals surface area contributed by atoms with Gasteiger partial charge in [0.25, 0.3) is 0 Å². The average molecular weight is 290 g/mol. The van der Waals surface area contributed by atoms with Crippen LogP contribution in [0.15, 0.2) is 53.5 Å². The maximum atomic E-state index is 13.0. The van der Waals surface area contributed by atoms with Crippen LogP contribution in [0.3, 0.4) is 0 Å². The van der Waals surface area contributed by atoms with E-state index in [2.05, 4.69) is 4.99 Å². The lowest BCUT2D eigenvalue weighted by molar-refractivity contribution is 0.627. The number of hydrogen-bond acceptors (Lipinski definition) is 3. The molecule has 0 saturated heterocycles. The molecular formula is C15H13ClFN3. The number of nitrogens with zero attached hydrogens (tertiary/aromatic N) is 2. The minimum Gasteiger partial charge on any atom is -0.369 e. The normalized spacial score (nSPS) is 18.2. The summed E-state index contributed by atoms with van der Waals surface area (Å²) in [4.78, 5) is 6.18. The van der Waals surface area contributed by atoms with Crippen LogP contribution in [0.1, 0.15) is 11.6 Å². The third-order valence-corrected chi connectivity index (χ3v) is 3.56. The summed E-state index contributed by atoms with van der Waals surface area (Å²) in [6.07, 6.45) is 0. The van der Waals surface area contributed by atoms with E-state index in [0.29, 0.717) is 17.5 Å². The van der Waals surface area contributed by atoms with Gasteiger partial charge in [-0.2, -0.15) is 0 Å². The van der Waals surface area contributed by atoms with Gasteiger partial charge in [0.15, 0.2) is 5.96 Å². The third-order valence-electron chi connectivity index (χ3n) is 3.32. The van der Waals surface area contributed by atoms with Crippen molar-refractivity contribution in [3.63, 3.8) is 0 Å². The molecule has 3 rings (SSSR count). The van der Waals surface area contributed by atoms with E-state index >= 15 is 0 Å². The molecule has 0 aromatic heterocycles. The van der Waals surface area contributed by atoms with Crippen molar-refractivity contribution >= 4 is 23.2 Å². The van der Waals surface area contributed by atoms with Gasteiger partial charge in [0.1, 0.15) is 5.82 Å². The second kappa shape index (κ2) is 5.13. The molecule has 1 aliphatic rings. The van der Waals surface area contributed by atoms with Crippen molar-refractivity contribution in [2.75, 3.05) is 11.4 Å². The summed E-state index contributed by atoms with van der Waals surface area (Å²) in [6.45, 7) is 0.559. The maximum Gasteiger partial charge on any atom is 0.196 e. The van der Waals surface area contributed by atoms with Gasteiger partial charge in [-0.3, -0.25) is 4.99 Å². The Kier molecular flexibility index (Phi) is 3.32. The van der Waals surface area contributed by atoms with Crippen LogP contribution in [-0.2, 0) is 0 Å². The van der Waals surface area contributed by atoms with Crippen LogP contribution >= 0.6 is 11.6 Å². The first-order chi connectivity index (χ1) is 9.65. The molecule has 2 aromatic carbocycles. The van der Waals surface area contributed by atoms with Crippen molar-refractivity contribution in [3.8, 4) is 0 Å². The monoisotopic (exact) mass is 289 g/mol. The fourth-order valence-corrected chi connectivity index (χ4v) is 2.58. The van der Waals surface area contributed by atoms with Crippen molar-refractivity contribution in [1.82, 2.24) is 0 Å². The van der Waals surface area contributed by atoms with Crippen LogP contribution in [0.5, 0.6) is 0 Å². The number of nitrogens with two attached hydrogens (primary N) is 1. The topological polar surface area (TPSA) is 41.6 Å². The lowest BCUT2D eigenvalue weighted by atomic mass is 10.1. The molecule has 0 amide bonds. The maximum absolute atomic E-state index is 13.0. The minimum absolute atomic E-state index is 0.0147. The Bertz CT molecular complexity index is 654. The van der Waals surface area contributed by atoms with E-state index in [0.717, 1.165) is 11.3 Å². The molecule has 0 saturated carbocycles. The van der Waals surface area contributed by atoms with Crippen LogP contribution in [-0.4, -0.2) is 12.5 Å². The Morgan fingerprint density at radius 1 is 1.20 bits per heavy atom. The fourth-order valence-electron chi connectivity index (χ4n) is 2.38. The molecule has 0 spiro atoms. The molecule has 2 N–H and O–H groups in total. The van der Waals surface area contributed by atoms with E-state index in [1.807, 2.05) is 29.2 Å². The van der Waals surface area contributed by atoms with Crippen LogP contribution in [0, 0.1) is 5.82 Å². The van der Waals surface area contributed by atoms with Gasteiger partial charge in [0.2, 0.25) is 0 Å². The number of hydrogen-bond donors (Lipinski definition) is 1. The molecule has 1 unspecified atom stereocenters. The summed E-state index contributed by atoms with van der Waals surface area (Å²) in [5, 5.41) is 0.673. The van der Waals surface area contributed by atoms with Gasteiger partial charge in [-0.25, -0.2) is 4.39 Å². The molecule has 1 heterocycles. The van der Waals surface area contributed by atoms with E-state index in [1.54, 1.807) is 12.1 Å². The molecule has 0 fully saturated rings. The standard InChI is InChI=1S/C15H13ClFN3/c16-11-3-1-2-10(8-11)14-9-19-15(18)20(14)13-6-4-12(17)5-7-13/h1-8,14H,9H2,(H2,18,19). The Morgan fingerprint density at radius 2 is 1.95 bits per heavy atom. The molecule has 1 aliphatic heterocycles. The minimum atomic E-state index is -0.275. The quantitative estimate of drug-likeness (QED) is 0.921. The largest absolute Gasteiger partial charge is 0.369 e. The van der Waals surface area contributed by atoms with Crippen molar-refractivity contribution in [2.45, 2.75) is 6.04 Å². The lowest BCUT2D eigenvalue weighted by Crippen LogP contribution is -2.36. The smallest absolute Gasteiger partial charge is 0.196 e. The molecule has 0 bridgehead atoms. The second-order valence-corrected chi connectivity index (χ2v) is 5.05. The summed E-state index contributed by atoms with van der Waals surface area (Å²) in [7, 11) is 0. The highest BCUT2D eigenvalue weighted by Crippen LogP contribution is 2.32. The molecule has 0 aliphatic carbocycles. The van der Waals surface area contributed by atoms with Crippen molar-refractivity contribution in [2.24, 2.45) is 10.7 Å². The van der Waals surface area contributed by atoms with E-state index in [9.17, 15) is 4.39 Å². The van der Waals surface area contributed by atoms with Crippen molar-refractivity contribution in [3.05, 3.63) is 64.9 Å². The summed E-state index contributed by atoms with van der Waals surface area (Å²) in [5.41, 5.74) is 7.81. The number of anilines is 1. The first kappa shape index (κ1) is 12.9. The van der Waals surface area contributed by atoms with Gasteiger partial charge in [-0.15, -0.1) is 0 Å². The number of guanidine groups is 1. The van der Waals surface area contributed by atoms with Crippen LogP contribution in [0.25, 0.3) is 0 Å². The van der Waals surface area contributed by atoms with E-state index < -0.39 is 0 Å². The summed E-state index contributed by atoms with van der Waals surface area (Å²) >= 11 is 6.04. The molecule has 3 nitrogen and oxygen atoms in total. The van der Waals surface area contributed by atoms with Gasteiger partial charge in [-0.05, 0) is 42.0 Å². The molecule has 0 radical (unpaired) electrons. The highest BCUT2D eigenvalue weighted by Gasteiger charge is 2.28. The van der Waals surface area contributed by atoms with Gasteiger partial charge in [0, 0.05) is 10.7 Å². The first-order valence-electron chi connectivity index (χ1n) is 6.25. The zero-order valence-corrected chi connectivity index (χ0v) is 11.4. The predicted molar refractivity (Wildman–Crippen MR) is 79.6 cm³/mol. The van der Waals surface area contributed by atoms with E-state index in [-0.39, 0.29) is 11.9 Å². The SMILES string of the molecule is NC1=NCC(c2cccc(Cl)c2)N1c1ccc(F)cc1. The van der Waals surface area contributed by atoms with Crippen molar-refractivity contribution in [1.29, 1.82) is 0 Å². The average Bonchev–Trinajstić information content (AvgIpc) is 2.82.